The molecule has 0 fully saturated rings. The quantitative estimate of drug-likeness (QED) is 0.670. The molecule has 0 aromatic heterocycles. The number of rotatable bonds is 7. The van der Waals surface area contributed by atoms with Gasteiger partial charge in [0.25, 0.3) is 0 Å². The SMILES string of the molecule is Cc1cccc(S(=O)(=O)NCCC(c2ccccc2)c2ccccc2)c1. The third-order valence-corrected chi connectivity index (χ3v) is 5.89. The van der Waals surface area contributed by atoms with E-state index in [4.69, 9.17) is 0 Å². The van der Waals surface area contributed by atoms with E-state index in [0.29, 0.717) is 17.9 Å². The Bertz CT molecular complexity index is 899. The zero-order chi connectivity index (χ0) is 18.4. The molecular weight excluding hydrogens is 342 g/mol. The molecule has 0 aliphatic rings. The summed E-state index contributed by atoms with van der Waals surface area (Å²) in [5.74, 6) is 0.151. The Morgan fingerprint density at radius 1 is 0.808 bits per heavy atom. The van der Waals surface area contributed by atoms with Crippen molar-refractivity contribution < 1.29 is 8.42 Å². The molecule has 0 radical (unpaired) electrons. The molecule has 1 N–H and O–H groups in total. The van der Waals surface area contributed by atoms with E-state index in [1.807, 2.05) is 49.4 Å². The number of aryl methyl sites for hydroxylation is 1. The van der Waals surface area contributed by atoms with Crippen LogP contribution in [0.3, 0.4) is 0 Å². The standard InChI is InChI=1S/C22H23NO2S/c1-18-9-8-14-21(17-18)26(24,25)23-16-15-22(19-10-4-2-5-11-19)20-12-6-3-7-13-20/h2-14,17,22-23H,15-16H2,1H3. The Hall–Kier alpha value is -2.43. The maximum absolute atomic E-state index is 12.5. The molecule has 0 saturated heterocycles. The van der Waals surface area contributed by atoms with Gasteiger partial charge in [-0.1, -0.05) is 72.8 Å². The van der Waals surface area contributed by atoms with Crippen molar-refractivity contribution in [2.45, 2.75) is 24.2 Å². The Kier molecular flexibility index (Phi) is 5.86. The van der Waals surface area contributed by atoms with Crippen molar-refractivity contribution in [3.05, 3.63) is 102 Å². The summed E-state index contributed by atoms with van der Waals surface area (Å²) in [5.41, 5.74) is 3.31. The average molecular weight is 365 g/mol. The lowest BCUT2D eigenvalue weighted by molar-refractivity contribution is 0.575. The second kappa shape index (κ2) is 8.30. The van der Waals surface area contributed by atoms with Crippen molar-refractivity contribution in [3.8, 4) is 0 Å². The predicted molar refractivity (Wildman–Crippen MR) is 106 cm³/mol. The van der Waals surface area contributed by atoms with Gasteiger partial charge in [-0.3, -0.25) is 0 Å². The minimum Gasteiger partial charge on any atom is -0.211 e. The molecule has 0 bridgehead atoms. The van der Waals surface area contributed by atoms with Crippen LogP contribution in [0, 0.1) is 6.92 Å². The number of sulfonamides is 1. The first-order chi connectivity index (χ1) is 12.6. The lowest BCUT2D eigenvalue weighted by Gasteiger charge is -2.18. The molecule has 0 spiro atoms. The van der Waals surface area contributed by atoms with Crippen LogP contribution in [0.15, 0.2) is 89.8 Å². The van der Waals surface area contributed by atoms with Gasteiger partial charge in [0, 0.05) is 12.5 Å². The smallest absolute Gasteiger partial charge is 0.211 e. The van der Waals surface area contributed by atoms with Gasteiger partial charge < -0.3 is 0 Å². The fourth-order valence-corrected chi connectivity index (χ4v) is 4.25. The van der Waals surface area contributed by atoms with Crippen LogP contribution >= 0.6 is 0 Å². The second-order valence-electron chi connectivity index (χ2n) is 6.38. The summed E-state index contributed by atoms with van der Waals surface area (Å²) in [5, 5.41) is 0. The molecule has 0 heterocycles. The fourth-order valence-electron chi connectivity index (χ4n) is 3.10. The van der Waals surface area contributed by atoms with E-state index in [9.17, 15) is 8.42 Å². The summed E-state index contributed by atoms with van der Waals surface area (Å²) in [4.78, 5) is 0.313. The van der Waals surface area contributed by atoms with Crippen molar-refractivity contribution in [3.63, 3.8) is 0 Å². The fraction of sp³-hybridized carbons (Fsp3) is 0.182. The minimum absolute atomic E-state index is 0.151. The van der Waals surface area contributed by atoms with Gasteiger partial charge in [0.1, 0.15) is 0 Å². The molecule has 3 aromatic carbocycles. The van der Waals surface area contributed by atoms with E-state index in [1.54, 1.807) is 18.2 Å². The van der Waals surface area contributed by atoms with E-state index in [0.717, 1.165) is 5.56 Å². The summed E-state index contributed by atoms with van der Waals surface area (Å²) < 4.78 is 27.8. The summed E-state index contributed by atoms with van der Waals surface area (Å²) >= 11 is 0. The number of nitrogens with one attached hydrogen (secondary N) is 1. The van der Waals surface area contributed by atoms with Crippen molar-refractivity contribution in [2.75, 3.05) is 6.54 Å². The van der Waals surface area contributed by atoms with Gasteiger partial charge in [0.2, 0.25) is 10.0 Å². The molecule has 134 valence electrons. The van der Waals surface area contributed by atoms with Gasteiger partial charge in [0.15, 0.2) is 0 Å². The third kappa shape index (κ3) is 4.59. The summed E-state index contributed by atoms with van der Waals surface area (Å²) in [6.07, 6.45) is 0.694. The van der Waals surface area contributed by atoms with Crippen LogP contribution in [0.4, 0.5) is 0 Å². The molecule has 3 rings (SSSR count). The highest BCUT2D eigenvalue weighted by Gasteiger charge is 2.17. The first-order valence-electron chi connectivity index (χ1n) is 8.72. The largest absolute Gasteiger partial charge is 0.240 e. The number of hydrogen-bond donors (Lipinski definition) is 1. The van der Waals surface area contributed by atoms with Crippen LogP contribution < -0.4 is 4.72 Å². The van der Waals surface area contributed by atoms with Crippen LogP contribution in [0.1, 0.15) is 29.0 Å². The summed E-state index contributed by atoms with van der Waals surface area (Å²) in [7, 11) is -3.49. The van der Waals surface area contributed by atoms with Gasteiger partial charge in [-0.25, -0.2) is 13.1 Å². The monoisotopic (exact) mass is 365 g/mol. The maximum Gasteiger partial charge on any atom is 0.240 e. The van der Waals surface area contributed by atoms with Gasteiger partial charge >= 0.3 is 0 Å². The van der Waals surface area contributed by atoms with Crippen molar-refractivity contribution in [2.24, 2.45) is 0 Å². The van der Waals surface area contributed by atoms with E-state index < -0.39 is 10.0 Å². The molecule has 3 aromatic rings. The van der Waals surface area contributed by atoms with Gasteiger partial charge in [-0.2, -0.15) is 0 Å². The van der Waals surface area contributed by atoms with Gasteiger partial charge in [-0.05, 0) is 42.2 Å². The number of benzene rings is 3. The molecule has 0 saturated carbocycles. The Balaban J connectivity index is 1.75. The molecule has 0 amide bonds. The lowest BCUT2D eigenvalue weighted by atomic mass is 9.89. The minimum atomic E-state index is -3.49. The van der Waals surface area contributed by atoms with E-state index in [1.165, 1.54) is 11.1 Å². The van der Waals surface area contributed by atoms with Crippen molar-refractivity contribution in [1.29, 1.82) is 0 Å². The molecule has 0 aliphatic carbocycles. The zero-order valence-electron chi connectivity index (χ0n) is 14.8. The van der Waals surface area contributed by atoms with Crippen LogP contribution in [-0.2, 0) is 10.0 Å². The average Bonchev–Trinajstić information content (AvgIpc) is 2.67. The molecular formula is C22H23NO2S. The molecule has 0 unspecified atom stereocenters. The van der Waals surface area contributed by atoms with E-state index in [2.05, 4.69) is 29.0 Å². The zero-order valence-corrected chi connectivity index (χ0v) is 15.6. The summed E-state index contributed by atoms with van der Waals surface area (Å²) in [6.45, 7) is 2.27. The second-order valence-corrected chi connectivity index (χ2v) is 8.14. The van der Waals surface area contributed by atoms with E-state index in [-0.39, 0.29) is 5.92 Å². The first-order valence-corrected chi connectivity index (χ1v) is 10.2. The van der Waals surface area contributed by atoms with Gasteiger partial charge in [-0.15, -0.1) is 0 Å². The van der Waals surface area contributed by atoms with E-state index >= 15 is 0 Å². The topological polar surface area (TPSA) is 46.2 Å². The van der Waals surface area contributed by atoms with Crippen molar-refractivity contribution >= 4 is 10.0 Å². The van der Waals surface area contributed by atoms with Crippen LogP contribution in [0.5, 0.6) is 0 Å². The molecule has 3 nitrogen and oxygen atoms in total. The lowest BCUT2D eigenvalue weighted by Crippen LogP contribution is -2.26. The van der Waals surface area contributed by atoms with Gasteiger partial charge in [0.05, 0.1) is 4.90 Å². The summed E-state index contributed by atoms with van der Waals surface area (Å²) in [6, 6.07) is 27.4. The maximum atomic E-state index is 12.5. The Morgan fingerprint density at radius 3 is 1.92 bits per heavy atom. The number of hydrogen-bond acceptors (Lipinski definition) is 2. The Labute approximate surface area is 155 Å². The van der Waals surface area contributed by atoms with Crippen LogP contribution in [-0.4, -0.2) is 15.0 Å². The Morgan fingerprint density at radius 2 is 1.38 bits per heavy atom. The molecule has 0 aliphatic heterocycles. The van der Waals surface area contributed by atoms with Crippen LogP contribution in [0.25, 0.3) is 0 Å². The highest BCUT2D eigenvalue weighted by molar-refractivity contribution is 7.89. The predicted octanol–water partition coefficient (Wildman–Crippen LogP) is 4.50. The molecule has 26 heavy (non-hydrogen) atoms. The van der Waals surface area contributed by atoms with Crippen LogP contribution in [0.2, 0.25) is 0 Å². The highest BCUT2D eigenvalue weighted by Crippen LogP contribution is 2.27. The normalized spacial score (nSPS) is 11.6. The third-order valence-electron chi connectivity index (χ3n) is 4.43. The molecule has 4 heteroatoms. The molecule has 0 atom stereocenters. The highest BCUT2D eigenvalue weighted by atomic mass is 32.2. The van der Waals surface area contributed by atoms with Crippen molar-refractivity contribution in [1.82, 2.24) is 4.72 Å². The first kappa shape index (κ1) is 18.4.